The highest BCUT2D eigenvalue weighted by molar-refractivity contribution is 8.00. The van der Waals surface area contributed by atoms with Crippen molar-refractivity contribution in [2.45, 2.75) is 44.8 Å². The Hall–Kier alpha value is -2.60. The van der Waals surface area contributed by atoms with Crippen LogP contribution >= 0.6 is 11.8 Å². The van der Waals surface area contributed by atoms with E-state index in [9.17, 15) is 14.4 Å². The van der Waals surface area contributed by atoms with Gasteiger partial charge in [-0.2, -0.15) is 0 Å². The van der Waals surface area contributed by atoms with Crippen LogP contribution in [0.3, 0.4) is 0 Å². The van der Waals surface area contributed by atoms with E-state index in [4.69, 9.17) is 0 Å². The van der Waals surface area contributed by atoms with Crippen molar-refractivity contribution in [2.24, 2.45) is 5.41 Å². The SMILES string of the molecule is CC(=O)Nc1ccc(S[C@H](C)C(=O)c2ccc(NC(=O)C(C)(C)C)cc2)cc1. The molecule has 0 aliphatic heterocycles. The average Bonchev–Trinajstić information content (AvgIpc) is 2.62. The van der Waals surface area contributed by atoms with E-state index in [2.05, 4.69) is 10.6 Å². The van der Waals surface area contributed by atoms with Crippen LogP contribution in [0.1, 0.15) is 45.0 Å². The molecule has 0 fully saturated rings. The highest BCUT2D eigenvalue weighted by atomic mass is 32.2. The first kappa shape index (κ1) is 21.7. The lowest BCUT2D eigenvalue weighted by atomic mass is 9.95. The average molecular weight is 399 g/mol. The fourth-order valence-corrected chi connectivity index (χ4v) is 3.29. The summed E-state index contributed by atoms with van der Waals surface area (Å²) in [5.41, 5.74) is 1.52. The van der Waals surface area contributed by atoms with E-state index in [0.29, 0.717) is 11.3 Å². The molecular weight excluding hydrogens is 372 g/mol. The van der Waals surface area contributed by atoms with Crippen LogP contribution in [-0.2, 0) is 9.59 Å². The van der Waals surface area contributed by atoms with Crippen molar-refractivity contribution in [3.63, 3.8) is 0 Å². The second-order valence-corrected chi connectivity index (χ2v) is 9.03. The maximum atomic E-state index is 12.7. The lowest BCUT2D eigenvalue weighted by Crippen LogP contribution is -2.27. The van der Waals surface area contributed by atoms with E-state index in [1.165, 1.54) is 18.7 Å². The third kappa shape index (κ3) is 6.23. The van der Waals surface area contributed by atoms with Gasteiger partial charge in [-0.25, -0.2) is 0 Å². The van der Waals surface area contributed by atoms with E-state index < -0.39 is 5.41 Å². The molecule has 0 saturated heterocycles. The zero-order valence-corrected chi connectivity index (χ0v) is 17.6. The largest absolute Gasteiger partial charge is 0.326 e. The number of carbonyl (C=O) groups excluding carboxylic acids is 3. The minimum absolute atomic E-state index is 0.0182. The molecule has 2 N–H and O–H groups in total. The predicted molar refractivity (Wildman–Crippen MR) is 115 cm³/mol. The molecule has 0 unspecified atom stereocenters. The Labute approximate surface area is 170 Å². The van der Waals surface area contributed by atoms with E-state index in [1.807, 2.05) is 52.0 Å². The van der Waals surface area contributed by atoms with Crippen molar-refractivity contribution in [3.05, 3.63) is 54.1 Å². The highest BCUT2D eigenvalue weighted by Crippen LogP contribution is 2.27. The lowest BCUT2D eigenvalue weighted by molar-refractivity contribution is -0.123. The van der Waals surface area contributed by atoms with Gasteiger partial charge in [0.15, 0.2) is 5.78 Å². The first-order valence-corrected chi connectivity index (χ1v) is 9.94. The molecule has 28 heavy (non-hydrogen) atoms. The zero-order chi connectivity index (χ0) is 20.9. The van der Waals surface area contributed by atoms with Gasteiger partial charge in [0.05, 0.1) is 5.25 Å². The Balaban J connectivity index is 1.99. The molecule has 0 spiro atoms. The van der Waals surface area contributed by atoms with Gasteiger partial charge in [-0.15, -0.1) is 11.8 Å². The van der Waals surface area contributed by atoms with Crippen LogP contribution in [0.2, 0.25) is 0 Å². The van der Waals surface area contributed by atoms with E-state index in [-0.39, 0.29) is 22.8 Å². The summed E-state index contributed by atoms with van der Waals surface area (Å²) >= 11 is 1.46. The van der Waals surface area contributed by atoms with Crippen molar-refractivity contribution in [2.75, 3.05) is 10.6 Å². The predicted octanol–water partition coefficient (Wildman–Crippen LogP) is 4.99. The molecule has 0 aliphatic rings. The third-order valence-corrected chi connectivity index (χ3v) is 5.08. The molecule has 0 aliphatic carbocycles. The Morgan fingerprint density at radius 3 is 1.86 bits per heavy atom. The Morgan fingerprint density at radius 2 is 1.36 bits per heavy atom. The molecule has 148 valence electrons. The van der Waals surface area contributed by atoms with Gasteiger partial charge in [-0.3, -0.25) is 14.4 Å². The van der Waals surface area contributed by atoms with Crippen molar-refractivity contribution < 1.29 is 14.4 Å². The molecule has 0 aromatic heterocycles. The van der Waals surface area contributed by atoms with Crippen molar-refractivity contribution >= 4 is 40.7 Å². The van der Waals surface area contributed by atoms with E-state index in [0.717, 1.165) is 10.6 Å². The number of anilines is 2. The van der Waals surface area contributed by atoms with E-state index in [1.54, 1.807) is 24.3 Å². The van der Waals surface area contributed by atoms with Crippen LogP contribution < -0.4 is 10.6 Å². The molecule has 2 aromatic carbocycles. The van der Waals surface area contributed by atoms with E-state index >= 15 is 0 Å². The second kappa shape index (κ2) is 9.06. The highest BCUT2D eigenvalue weighted by Gasteiger charge is 2.21. The maximum Gasteiger partial charge on any atom is 0.229 e. The number of hydrogen-bond donors (Lipinski definition) is 2. The number of nitrogens with one attached hydrogen (secondary N) is 2. The van der Waals surface area contributed by atoms with Gasteiger partial charge >= 0.3 is 0 Å². The Kier molecular flexibility index (Phi) is 7.02. The number of thioether (sulfide) groups is 1. The van der Waals surface area contributed by atoms with Crippen LogP contribution in [0.5, 0.6) is 0 Å². The van der Waals surface area contributed by atoms with Gasteiger partial charge < -0.3 is 10.6 Å². The van der Waals surface area contributed by atoms with Crippen LogP contribution in [0.15, 0.2) is 53.4 Å². The zero-order valence-electron chi connectivity index (χ0n) is 16.8. The minimum Gasteiger partial charge on any atom is -0.326 e. The van der Waals surface area contributed by atoms with Gasteiger partial charge in [-0.1, -0.05) is 20.8 Å². The van der Waals surface area contributed by atoms with Gasteiger partial charge in [0.1, 0.15) is 0 Å². The fraction of sp³-hybridized carbons (Fsp3) is 0.318. The Bertz CT molecular complexity index is 853. The molecule has 0 bridgehead atoms. The molecule has 0 saturated carbocycles. The van der Waals surface area contributed by atoms with Crippen molar-refractivity contribution in [3.8, 4) is 0 Å². The van der Waals surface area contributed by atoms with Gasteiger partial charge in [0.2, 0.25) is 11.8 Å². The molecule has 0 radical (unpaired) electrons. The van der Waals surface area contributed by atoms with Crippen molar-refractivity contribution in [1.29, 1.82) is 0 Å². The summed E-state index contributed by atoms with van der Waals surface area (Å²) in [7, 11) is 0. The third-order valence-electron chi connectivity index (χ3n) is 3.97. The van der Waals surface area contributed by atoms with Gasteiger partial charge in [-0.05, 0) is 55.5 Å². The monoisotopic (exact) mass is 398 g/mol. The quantitative estimate of drug-likeness (QED) is 0.531. The summed E-state index contributed by atoms with van der Waals surface area (Å²) in [6.45, 7) is 8.87. The Morgan fingerprint density at radius 1 is 0.857 bits per heavy atom. The second-order valence-electron chi connectivity index (χ2n) is 7.61. The van der Waals surface area contributed by atoms with Gasteiger partial charge in [0.25, 0.3) is 0 Å². The molecule has 2 rings (SSSR count). The number of ketones is 1. The number of rotatable bonds is 6. The first-order valence-electron chi connectivity index (χ1n) is 9.06. The standard InChI is InChI=1S/C22H26N2O3S/c1-14(28-19-12-10-17(11-13-19)23-15(2)25)20(26)16-6-8-18(9-7-16)24-21(27)22(3,4)5/h6-14H,1-5H3,(H,23,25)(H,24,27)/t14-/m1/s1. The van der Waals surface area contributed by atoms with Crippen LogP contribution in [0, 0.1) is 5.41 Å². The maximum absolute atomic E-state index is 12.7. The van der Waals surface area contributed by atoms with Gasteiger partial charge in [0, 0.05) is 34.2 Å². The lowest BCUT2D eigenvalue weighted by Gasteiger charge is -2.18. The van der Waals surface area contributed by atoms with Crippen molar-refractivity contribution in [1.82, 2.24) is 0 Å². The normalized spacial score (nSPS) is 12.2. The molecule has 2 aromatic rings. The number of amides is 2. The molecule has 5 nitrogen and oxygen atoms in total. The fourth-order valence-electron chi connectivity index (χ4n) is 2.35. The summed E-state index contributed by atoms with van der Waals surface area (Å²) in [6, 6.07) is 14.3. The number of carbonyl (C=O) groups is 3. The first-order chi connectivity index (χ1) is 13.1. The van der Waals surface area contributed by atoms with Crippen LogP contribution in [0.4, 0.5) is 11.4 Å². The molecule has 1 atom stereocenters. The van der Waals surface area contributed by atoms with Crippen LogP contribution in [-0.4, -0.2) is 22.8 Å². The molecule has 2 amide bonds. The molecular formula is C22H26N2O3S. The molecule has 6 heteroatoms. The number of Topliss-reactive ketones (excluding diaryl/α,β-unsaturated/α-hetero) is 1. The number of hydrogen-bond acceptors (Lipinski definition) is 4. The summed E-state index contributed by atoms with van der Waals surface area (Å²) in [5.74, 6) is -0.172. The molecule has 0 heterocycles. The van der Waals surface area contributed by atoms with Crippen LogP contribution in [0.25, 0.3) is 0 Å². The summed E-state index contributed by atoms with van der Waals surface area (Å²) in [6.07, 6.45) is 0. The summed E-state index contributed by atoms with van der Waals surface area (Å²) in [5, 5.41) is 5.30. The minimum atomic E-state index is -0.477. The topological polar surface area (TPSA) is 75.3 Å². The summed E-state index contributed by atoms with van der Waals surface area (Å²) in [4.78, 5) is 36.7. The number of benzene rings is 2. The smallest absolute Gasteiger partial charge is 0.229 e. The summed E-state index contributed by atoms with van der Waals surface area (Å²) < 4.78 is 0.